The van der Waals surface area contributed by atoms with Crippen LogP contribution in [0.2, 0.25) is 0 Å². The minimum atomic E-state index is 0.300. The Morgan fingerprint density at radius 1 is 1.00 bits per heavy atom. The van der Waals surface area contributed by atoms with Crippen LogP contribution in [-0.4, -0.2) is 6.10 Å². The third-order valence-electron chi connectivity index (χ3n) is 2.34. The summed E-state index contributed by atoms with van der Waals surface area (Å²) >= 11 is 0. The molecule has 0 aliphatic heterocycles. The molecule has 0 unspecified atom stereocenters. The lowest BCUT2D eigenvalue weighted by Crippen LogP contribution is -2.09. The zero-order chi connectivity index (χ0) is 12.2. The molecule has 0 radical (unpaired) electrons. The van der Waals surface area contributed by atoms with Gasteiger partial charge in [0.05, 0.1) is 12.7 Å². The van der Waals surface area contributed by atoms with Gasteiger partial charge in [0.25, 0.3) is 0 Å². The number of ether oxygens (including phenoxy) is 1. The average molecular weight is 220 g/mol. The Morgan fingerprint density at radius 2 is 1.50 bits per heavy atom. The van der Waals surface area contributed by atoms with E-state index in [4.69, 9.17) is 4.74 Å². The van der Waals surface area contributed by atoms with E-state index in [1.165, 1.54) is 11.1 Å². The summed E-state index contributed by atoms with van der Waals surface area (Å²) in [6.07, 6.45) is 1.42. The lowest BCUT2D eigenvalue weighted by molar-refractivity contribution is 0.0657. The van der Waals surface area contributed by atoms with Gasteiger partial charge in [-0.15, -0.1) is 0 Å². The number of hydrogen-bond donors (Lipinski definition) is 0. The van der Waals surface area contributed by atoms with Crippen molar-refractivity contribution in [3.05, 3.63) is 35.4 Å². The Morgan fingerprint density at radius 3 is 1.94 bits per heavy atom. The molecule has 0 aliphatic carbocycles. The van der Waals surface area contributed by atoms with E-state index in [1.54, 1.807) is 0 Å². The van der Waals surface area contributed by atoms with Crippen molar-refractivity contribution in [1.82, 2.24) is 0 Å². The predicted molar refractivity (Wildman–Crippen MR) is 69.5 cm³/mol. The minimum absolute atomic E-state index is 0.300. The molecule has 90 valence electrons. The van der Waals surface area contributed by atoms with Crippen LogP contribution in [-0.2, 0) is 17.8 Å². The maximum Gasteiger partial charge on any atom is 0.0720 e. The fourth-order valence-electron chi connectivity index (χ4n) is 1.63. The maximum atomic E-state index is 5.57. The second-order valence-electron chi connectivity index (χ2n) is 5.91. The van der Waals surface area contributed by atoms with Crippen molar-refractivity contribution in [1.29, 1.82) is 0 Å². The van der Waals surface area contributed by atoms with Crippen LogP contribution in [0.4, 0.5) is 0 Å². The van der Waals surface area contributed by atoms with Gasteiger partial charge in [-0.2, -0.15) is 0 Å². The third kappa shape index (κ3) is 5.32. The highest BCUT2D eigenvalue weighted by atomic mass is 16.5. The van der Waals surface area contributed by atoms with Gasteiger partial charge in [0.15, 0.2) is 0 Å². The molecule has 0 saturated carbocycles. The SMILES string of the molecule is CC(C)OCc1ccc(CC(C)(C)C)cc1. The van der Waals surface area contributed by atoms with Crippen LogP contribution in [0.15, 0.2) is 24.3 Å². The summed E-state index contributed by atoms with van der Waals surface area (Å²) < 4.78 is 5.57. The van der Waals surface area contributed by atoms with E-state index in [-0.39, 0.29) is 0 Å². The molecule has 1 aromatic carbocycles. The highest BCUT2D eigenvalue weighted by Gasteiger charge is 2.10. The van der Waals surface area contributed by atoms with Crippen molar-refractivity contribution in [3.8, 4) is 0 Å². The quantitative estimate of drug-likeness (QED) is 0.739. The monoisotopic (exact) mass is 220 g/mol. The lowest BCUT2D eigenvalue weighted by Gasteiger charge is -2.18. The molecule has 16 heavy (non-hydrogen) atoms. The zero-order valence-corrected chi connectivity index (χ0v) is 11.2. The Kier molecular flexibility index (Phi) is 4.55. The Bertz CT molecular complexity index is 303. The van der Waals surface area contributed by atoms with Gasteiger partial charge in [0, 0.05) is 0 Å². The fourth-order valence-corrected chi connectivity index (χ4v) is 1.63. The van der Waals surface area contributed by atoms with Gasteiger partial charge < -0.3 is 4.74 Å². The third-order valence-corrected chi connectivity index (χ3v) is 2.34. The van der Waals surface area contributed by atoms with Crippen LogP contribution in [0.1, 0.15) is 45.7 Å². The van der Waals surface area contributed by atoms with E-state index in [1.807, 2.05) is 0 Å². The maximum absolute atomic E-state index is 5.57. The summed E-state index contributed by atoms with van der Waals surface area (Å²) in [5, 5.41) is 0. The topological polar surface area (TPSA) is 9.23 Å². The molecule has 0 spiro atoms. The standard InChI is InChI=1S/C15H24O/c1-12(2)16-11-14-8-6-13(7-9-14)10-15(3,4)5/h6-9,12H,10-11H2,1-5H3. The number of hydrogen-bond acceptors (Lipinski definition) is 1. The molecule has 0 aliphatic rings. The molecule has 1 heteroatoms. The van der Waals surface area contributed by atoms with Crippen molar-refractivity contribution in [2.45, 2.75) is 53.8 Å². The van der Waals surface area contributed by atoms with Crippen LogP contribution in [0.25, 0.3) is 0 Å². The Labute approximate surface area is 99.8 Å². The van der Waals surface area contributed by atoms with E-state index in [9.17, 15) is 0 Å². The molecular formula is C15H24O. The normalized spacial score (nSPS) is 12.1. The highest BCUT2D eigenvalue weighted by molar-refractivity contribution is 5.22. The van der Waals surface area contributed by atoms with Crippen molar-refractivity contribution < 1.29 is 4.74 Å². The predicted octanol–water partition coefficient (Wildman–Crippen LogP) is 4.20. The molecule has 0 aromatic heterocycles. The van der Waals surface area contributed by atoms with Gasteiger partial charge in [-0.3, -0.25) is 0 Å². The van der Waals surface area contributed by atoms with Gasteiger partial charge in [0.2, 0.25) is 0 Å². The molecule has 0 bridgehead atoms. The van der Waals surface area contributed by atoms with E-state index in [0.717, 1.165) is 6.42 Å². The van der Waals surface area contributed by atoms with Crippen LogP contribution >= 0.6 is 0 Å². The Hall–Kier alpha value is -0.820. The average Bonchev–Trinajstić information content (AvgIpc) is 2.14. The molecule has 0 atom stereocenters. The molecule has 0 N–H and O–H groups in total. The molecule has 0 amide bonds. The van der Waals surface area contributed by atoms with Gasteiger partial charge in [0.1, 0.15) is 0 Å². The van der Waals surface area contributed by atoms with Gasteiger partial charge >= 0.3 is 0 Å². The van der Waals surface area contributed by atoms with Gasteiger partial charge in [-0.25, -0.2) is 0 Å². The lowest BCUT2D eigenvalue weighted by atomic mass is 9.88. The number of rotatable bonds is 4. The van der Waals surface area contributed by atoms with Crippen molar-refractivity contribution >= 4 is 0 Å². The smallest absolute Gasteiger partial charge is 0.0720 e. The summed E-state index contributed by atoms with van der Waals surface area (Å²) in [5.74, 6) is 0. The first-order valence-electron chi connectivity index (χ1n) is 6.06. The first-order chi connectivity index (χ1) is 7.37. The second-order valence-corrected chi connectivity index (χ2v) is 5.91. The molecule has 0 heterocycles. The van der Waals surface area contributed by atoms with Gasteiger partial charge in [-0.05, 0) is 36.8 Å². The summed E-state index contributed by atoms with van der Waals surface area (Å²) in [6.45, 7) is 11.6. The van der Waals surface area contributed by atoms with Crippen molar-refractivity contribution in [3.63, 3.8) is 0 Å². The highest BCUT2D eigenvalue weighted by Crippen LogP contribution is 2.20. The Balaban J connectivity index is 2.54. The summed E-state index contributed by atoms with van der Waals surface area (Å²) in [7, 11) is 0. The zero-order valence-electron chi connectivity index (χ0n) is 11.2. The van der Waals surface area contributed by atoms with Crippen LogP contribution in [0.3, 0.4) is 0 Å². The summed E-state index contributed by atoms with van der Waals surface area (Å²) in [6, 6.07) is 8.77. The van der Waals surface area contributed by atoms with E-state index in [2.05, 4.69) is 58.9 Å². The molecule has 1 nitrogen and oxygen atoms in total. The minimum Gasteiger partial charge on any atom is -0.374 e. The number of benzene rings is 1. The van der Waals surface area contributed by atoms with Crippen molar-refractivity contribution in [2.75, 3.05) is 0 Å². The first kappa shape index (κ1) is 13.2. The van der Waals surface area contributed by atoms with Crippen LogP contribution < -0.4 is 0 Å². The van der Waals surface area contributed by atoms with E-state index in [0.29, 0.717) is 18.1 Å². The molecule has 0 saturated heterocycles. The molecule has 1 rings (SSSR count). The largest absolute Gasteiger partial charge is 0.374 e. The molecular weight excluding hydrogens is 196 g/mol. The summed E-state index contributed by atoms with van der Waals surface area (Å²) in [4.78, 5) is 0. The van der Waals surface area contributed by atoms with Crippen molar-refractivity contribution in [2.24, 2.45) is 5.41 Å². The second kappa shape index (κ2) is 5.49. The fraction of sp³-hybridized carbons (Fsp3) is 0.600. The summed E-state index contributed by atoms with van der Waals surface area (Å²) in [5.41, 5.74) is 3.02. The first-order valence-corrected chi connectivity index (χ1v) is 6.06. The van der Waals surface area contributed by atoms with Crippen LogP contribution in [0, 0.1) is 5.41 Å². The molecule has 1 aromatic rings. The van der Waals surface area contributed by atoms with Gasteiger partial charge in [-0.1, -0.05) is 45.0 Å². The van der Waals surface area contributed by atoms with Crippen LogP contribution in [0.5, 0.6) is 0 Å². The van der Waals surface area contributed by atoms with E-state index < -0.39 is 0 Å². The molecule has 0 fully saturated rings. The van der Waals surface area contributed by atoms with E-state index >= 15 is 0 Å².